The number of piperazine rings is 1. The van der Waals surface area contributed by atoms with Gasteiger partial charge in [0.25, 0.3) is 0 Å². The maximum absolute atomic E-state index is 10.1. The van der Waals surface area contributed by atoms with Gasteiger partial charge in [0, 0.05) is 39.3 Å². The molecule has 0 radical (unpaired) electrons. The molecule has 19 heavy (non-hydrogen) atoms. The molecule has 1 unspecified atom stereocenters. The second-order valence-corrected chi connectivity index (χ2v) is 5.89. The molecule has 1 fully saturated rings. The Bertz CT molecular complexity index is 370. The van der Waals surface area contributed by atoms with E-state index in [1.165, 1.54) is 5.56 Å². The molecule has 1 aromatic rings. The molecule has 2 rings (SSSR count). The van der Waals surface area contributed by atoms with E-state index in [0.29, 0.717) is 0 Å². The Morgan fingerprint density at radius 1 is 1.05 bits per heavy atom. The average Bonchev–Trinajstić information content (AvgIpc) is 2.42. The van der Waals surface area contributed by atoms with Crippen LogP contribution in [0.4, 0.5) is 0 Å². The summed E-state index contributed by atoms with van der Waals surface area (Å²) < 4.78 is 0. The van der Waals surface area contributed by atoms with Crippen molar-refractivity contribution < 1.29 is 5.11 Å². The molecule has 1 aliphatic heterocycles. The monoisotopic (exact) mass is 262 g/mol. The summed E-state index contributed by atoms with van der Waals surface area (Å²) >= 11 is 0. The molecule has 0 aromatic heterocycles. The lowest BCUT2D eigenvalue weighted by Gasteiger charge is -2.38. The maximum atomic E-state index is 10.1. The van der Waals surface area contributed by atoms with Gasteiger partial charge in [-0.15, -0.1) is 0 Å². The summed E-state index contributed by atoms with van der Waals surface area (Å²) in [6.07, 6.45) is 0.817. The van der Waals surface area contributed by atoms with E-state index in [9.17, 15) is 5.11 Å². The second kappa shape index (κ2) is 6.51. The van der Waals surface area contributed by atoms with Gasteiger partial charge in [-0.1, -0.05) is 37.3 Å². The molecular formula is C16H26N2O. The summed E-state index contributed by atoms with van der Waals surface area (Å²) in [4.78, 5) is 4.87. The topological polar surface area (TPSA) is 26.7 Å². The largest absolute Gasteiger partial charge is 0.389 e. The molecule has 1 N–H and O–H groups in total. The van der Waals surface area contributed by atoms with E-state index in [2.05, 4.69) is 40.1 Å². The molecule has 0 amide bonds. The Hall–Kier alpha value is -0.900. The number of rotatable bonds is 5. The van der Waals surface area contributed by atoms with Crippen LogP contribution in [0.2, 0.25) is 0 Å². The first-order valence-corrected chi connectivity index (χ1v) is 7.30. The van der Waals surface area contributed by atoms with Crippen molar-refractivity contribution in [3.8, 4) is 0 Å². The smallest absolute Gasteiger partial charge is 0.0743 e. The van der Waals surface area contributed by atoms with Crippen LogP contribution in [0.1, 0.15) is 25.8 Å². The van der Waals surface area contributed by atoms with Gasteiger partial charge in [-0.25, -0.2) is 0 Å². The third kappa shape index (κ3) is 4.60. The van der Waals surface area contributed by atoms with Gasteiger partial charge in [0.05, 0.1) is 5.60 Å². The summed E-state index contributed by atoms with van der Waals surface area (Å²) in [5, 5.41) is 10.1. The molecule has 1 aliphatic rings. The number of nitrogens with zero attached hydrogens (tertiary/aromatic N) is 2. The van der Waals surface area contributed by atoms with Crippen molar-refractivity contribution >= 4 is 0 Å². The lowest BCUT2D eigenvalue weighted by atomic mass is 10.0. The number of hydrogen-bond acceptors (Lipinski definition) is 3. The quantitative estimate of drug-likeness (QED) is 0.879. The molecule has 0 spiro atoms. The lowest BCUT2D eigenvalue weighted by Crippen LogP contribution is -2.50. The van der Waals surface area contributed by atoms with E-state index in [-0.39, 0.29) is 0 Å². The van der Waals surface area contributed by atoms with E-state index < -0.39 is 5.60 Å². The zero-order valence-corrected chi connectivity index (χ0v) is 12.2. The number of aliphatic hydroxyl groups is 1. The Morgan fingerprint density at radius 2 is 1.63 bits per heavy atom. The van der Waals surface area contributed by atoms with Crippen molar-refractivity contribution in [2.45, 2.75) is 32.4 Å². The highest BCUT2D eigenvalue weighted by Crippen LogP contribution is 2.14. The van der Waals surface area contributed by atoms with Crippen molar-refractivity contribution in [1.29, 1.82) is 0 Å². The van der Waals surface area contributed by atoms with Crippen molar-refractivity contribution in [1.82, 2.24) is 9.80 Å². The molecule has 0 aliphatic carbocycles. The molecule has 1 atom stereocenters. The number of β-amino-alcohol motifs (C(OH)–C–C–N with tert-alkyl or cyclic N) is 1. The van der Waals surface area contributed by atoms with E-state index in [1.807, 2.05) is 13.8 Å². The minimum Gasteiger partial charge on any atom is -0.389 e. The average molecular weight is 262 g/mol. The Morgan fingerprint density at radius 3 is 2.21 bits per heavy atom. The van der Waals surface area contributed by atoms with Crippen LogP contribution in [0.15, 0.2) is 30.3 Å². The highest BCUT2D eigenvalue weighted by molar-refractivity contribution is 5.14. The molecule has 1 heterocycles. The third-order valence-electron chi connectivity index (χ3n) is 4.04. The van der Waals surface area contributed by atoms with Crippen LogP contribution in [-0.4, -0.2) is 53.2 Å². The molecular weight excluding hydrogens is 236 g/mol. The standard InChI is InChI=1S/C16H26N2O/c1-3-16(2,19)14-18-11-9-17(10-12-18)13-15-7-5-4-6-8-15/h4-8,19H,3,9-14H2,1-2H3. The molecule has 3 heteroatoms. The summed E-state index contributed by atoms with van der Waals surface area (Å²) in [6.45, 7) is 10.1. The number of benzene rings is 1. The Kier molecular flexibility index (Phi) is 4.97. The summed E-state index contributed by atoms with van der Waals surface area (Å²) in [5.41, 5.74) is 0.846. The first-order chi connectivity index (χ1) is 9.09. The van der Waals surface area contributed by atoms with Crippen molar-refractivity contribution in [2.24, 2.45) is 0 Å². The van der Waals surface area contributed by atoms with Gasteiger partial charge in [0.1, 0.15) is 0 Å². The van der Waals surface area contributed by atoms with E-state index in [4.69, 9.17) is 0 Å². The van der Waals surface area contributed by atoms with Gasteiger partial charge in [0.2, 0.25) is 0 Å². The molecule has 1 saturated heterocycles. The van der Waals surface area contributed by atoms with Crippen LogP contribution >= 0.6 is 0 Å². The fourth-order valence-corrected chi connectivity index (χ4v) is 2.54. The number of hydrogen-bond donors (Lipinski definition) is 1. The zero-order valence-electron chi connectivity index (χ0n) is 12.2. The van der Waals surface area contributed by atoms with Crippen molar-refractivity contribution in [2.75, 3.05) is 32.7 Å². The summed E-state index contributed by atoms with van der Waals surface area (Å²) in [5.74, 6) is 0. The highest BCUT2D eigenvalue weighted by atomic mass is 16.3. The molecule has 0 saturated carbocycles. The molecule has 0 bridgehead atoms. The molecule has 3 nitrogen and oxygen atoms in total. The van der Waals surface area contributed by atoms with E-state index in [1.54, 1.807) is 0 Å². The molecule has 1 aromatic carbocycles. The first kappa shape index (κ1) is 14.5. The maximum Gasteiger partial charge on any atom is 0.0743 e. The summed E-state index contributed by atoms with van der Waals surface area (Å²) in [7, 11) is 0. The van der Waals surface area contributed by atoms with Crippen LogP contribution in [0.3, 0.4) is 0 Å². The van der Waals surface area contributed by atoms with Gasteiger partial charge >= 0.3 is 0 Å². The minimum atomic E-state index is -0.540. The van der Waals surface area contributed by atoms with Crippen LogP contribution in [0, 0.1) is 0 Å². The Balaban J connectivity index is 1.77. The van der Waals surface area contributed by atoms with Gasteiger partial charge in [0.15, 0.2) is 0 Å². The van der Waals surface area contributed by atoms with Gasteiger partial charge in [-0.3, -0.25) is 9.80 Å². The van der Waals surface area contributed by atoms with Gasteiger partial charge in [-0.2, -0.15) is 0 Å². The van der Waals surface area contributed by atoms with E-state index in [0.717, 1.165) is 45.7 Å². The van der Waals surface area contributed by atoms with Crippen LogP contribution < -0.4 is 0 Å². The second-order valence-electron chi connectivity index (χ2n) is 5.89. The Labute approximate surface area is 116 Å². The fourth-order valence-electron chi connectivity index (χ4n) is 2.54. The van der Waals surface area contributed by atoms with Gasteiger partial charge < -0.3 is 5.11 Å². The van der Waals surface area contributed by atoms with Crippen molar-refractivity contribution in [3.05, 3.63) is 35.9 Å². The predicted octanol–water partition coefficient (Wildman–Crippen LogP) is 1.97. The predicted molar refractivity (Wildman–Crippen MR) is 79.1 cm³/mol. The van der Waals surface area contributed by atoms with Crippen LogP contribution in [0.5, 0.6) is 0 Å². The molecule has 106 valence electrons. The normalized spacial score (nSPS) is 21.2. The van der Waals surface area contributed by atoms with Crippen molar-refractivity contribution in [3.63, 3.8) is 0 Å². The zero-order chi connectivity index (χ0) is 13.7. The fraction of sp³-hybridized carbons (Fsp3) is 0.625. The minimum absolute atomic E-state index is 0.540. The van der Waals surface area contributed by atoms with Gasteiger partial charge in [-0.05, 0) is 18.9 Å². The summed E-state index contributed by atoms with van der Waals surface area (Å²) in [6, 6.07) is 10.6. The SMILES string of the molecule is CCC(C)(O)CN1CCN(Cc2ccccc2)CC1. The van der Waals surface area contributed by atoms with E-state index >= 15 is 0 Å². The van der Waals surface area contributed by atoms with Crippen LogP contribution in [0.25, 0.3) is 0 Å². The lowest BCUT2D eigenvalue weighted by molar-refractivity contribution is 0.000592. The third-order valence-corrected chi connectivity index (χ3v) is 4.04. The van der Waals surface area contributed by atoms with Crippen LogP contribution in [-0.2, 0) is 6.54 Å². The highest BCUT2D eigenvalue weighted by Gasteiger charge is 2.24. The first-order valence-electron chi connectivity index (χ1n) is 7.30.